The highest BCUT2D eigenvalue weighted by Gasteiger charge is 2.28. The summed E-state index contributed by atoms with van der Waals surface area (Å²) in [5.41, 5.74) is 1.58. The number of aromatic nitrogens is 1. The van der Waals surface area contributed by atoms with Crippen LogP contribution in [0.2, 0.25) is 10.0 Å². The van der Waals surface area contributed by atoms with Crippen LogP contribution in [0.3, 0.4) is 0 Å². The van der Waals surface area contributed by atoms with E-state index in [1.165, 1.54) is 24.3 Å². The Morgan fingerprint density at radius 3 is 2.07 bits per heavy atom. The standard InChI is InChI=1S/C22H16Cl2N2O3S/c23-17-8-6-15(7-9-17)14-25-21-22(26-20(29-21)16-4-2-1-3-5-16)30(27,28)19-12-10-18(24)11-13-19/h1-13,25H,14H2. The van der Waals surface area contributed by atoms with E-state index in [1.807, 2.05) is 30.3 Å². The largest absolute Gasteiger partial charge is 0.419 e. The van der Waals surface area contributed by atoms with Crippen molar-refractivity contribution in [2.75, 3.05) is 5.32 Å². The van der Waals surface area contributed by atoms with Gasteiger partial charge in [0.2, 0.25) is 26.6 Å². The number of hydrogen-bond acceptors (Lipinski definition) is 5. The average Bonchev–Trinajstić information content (AvgIpc) is 3.20. The zero-order valence-electron chi connectivity index (χ0n) is 15.5. The van der Waals surface area contributed by atoms with Crippen molar-refractivity contribution in [3.63, 3.8) is 0 Å². The molecule has 5 nitrogen and oxygen atoms in total. The lowest BCUT2D eigenvalue weighted by molar-refractivity contribution is 0.576. The van der Waals surface area contributed by atoms with Crippen LogP contribution in [0.15, 0.2) is 93.2 Å². The van der Waals surface area contributed by atoms with Crippen LogP contribution >= 0.6 is 23.2 Å². The molecular weight excluding hydrogens is 443 g/mol. The normalized spacial score (nSPS) is 11.4. The molecule has 0 saturated heterocycles. The van der Waals surface area contributed by atoms with Crippen LogP contribution < -0.4 is 5.32 Å². The highest BCUT2D eigenvalue weighted by atomic mass is 35.5. The van der Waals surface area contributed by atoms with Crippen molar-refractivity contribution in [2.24, 2.45) is 0 Å². The maximum absolute atomic E-state index is 13.2. The third kappa shape index (κ3) is 4.36. The summed E-state index contributed by atoms with van der Waals surface area (Å²) in [6.45, 7) is 0.337. The van der Waals surface area contributed by atoms with Crippen LogP contribution in [0.25, 0.3) is 11.5 Å². The van der Waals surface area contributed by atoms with Gasteiger partial charge in [0.05, 0.1) is 4.90 Å². The van der Waals surface area contributed by atoms with Crippen molar-refractivity contribution in [3.8, 4) is 11.5 Å². The van der Waals surface area contributed by atoms with E-state index in [1.54, 1.807) is 24.3 Å². The molecule has 0 aliphatic heterocycles. The first-order chi connectivity index (χ1) is 14.4. The molecule has 0 aliphatic carbocycles. The maximum Gasteiger partial charge on any atom is 0.234 e. The van der Waals surface area contributed by atoms with Gasteiger partial charge in [-0.25, -0.2) is 8.42 Å². The van der Waals surface area contributed by atoms with Gasteiger partial charge in [-0.15, -0.1) is 0 Å². The van der Waals surface area contributed by atoms with Gasteiger partial charge in [0, 0.05) is 22.2 Å². The molecule has 1 aromatic heterocycles. The van der Waals surface area contributed by atoms with Gasteiger partial charge in [0.15, 0.2) is 0 Å². The molecule has 152 valence electrons. The molecular formula is C22H16Cl2N2O3S. The Hall–Kier alpha value is -2.80. The highest BCUT2D eigenvalue weighted by Crippen LogP contribution is 2.33. The Labute approximate surface area is 184 Å². The molecule has 1 heterocycles. The van der Waals surface area contributed by atoms with E-state index in [2.05, 4.69) is 10.3 Å². The van der Waals surface area contributed by atoms with E-state index in [4.69, 9.17) is 27.6 Å². The summed E-state index contributed by atoms with van der Waals surface area (Å²) in [7, 11) is -3.93. The average molecular weight is 459 g/mol. The first-order valence-electron chi connectivity index (χ1n) is 8.99. The first kappa shape index (κ1) is 20.5. The summed E-state index contributed by atoms with van der Waals surface area (Å²) in [6, 6.07) is 22.3. The van der Waals surface area contributed by atoms with Crippen molar-refractivity contribution in [2.45, 2.75) is 16.5 Å². The smallest absolute Gasteiger partial charge is 0.234 e. The minimum absolute atomic E-state index is 0.0683. The fourth-order valence-electron chi connectivity index (χ4n) is 2.81. The monoisotopic (exact) mass is 458 g/mol. The van der Waals surface area contributed by atoms with Gasteiger partial charge < -0.3 is 9.73 Å². The number of oxazole rings is 1. The minimum Gasteiger partial charge on any atom is -0.419 e. The fourth-order valence-corrected chi connectivity index (χ4v) is 4.34. The van der Waals surface area contributed by atoms with Gasteiger partial charge in [-0.2, -0.15) is 4.98 Å². The molecule has 30 heavy (non-hydrogen) atoms. The third-order valence-electron chi connectivity index (χ3n) is 4.36. The molecule has 1 N–H and O–H groups in total. The molecule has 0 unspecified atom stereocenters. The summed E-state index contributed by atoms with van der Waals surface area (Å²) in [4.78, 5) is 4.38. The quantitative estimate of drug-likeness (QED) is 0.378. The van der Waals surface area contributed by atoms with Crippen molar-refractivity contribution in [1.82, 2.24) is 4.98 Å². The lowest BCUT2D eigenvalue weighted by Crippen LogP contribution is -2.07. The molecule has 3 aromatic carbocycles. The van der Waals surface area contributed by atoms with E-state index >= 15 is 0 Å². The molecule has 0 amide bonds. The van der Waals surface area contributed by atoms with Crippen LogP contribution in [-0.2, 0) is 16.4 Å². The van der Waals surface area contributed by atoms with Crippen LogP contribution in [0.5, 0.6) is 0 Å². The van der Waals surface area contributed by atoms with E-state index in [0.29, 0.717) is 22.2 Å². The molecule has 0 atom stereocenters. The van der Waals surface area contributed by atoms with E-state index in [9.17, 15) is 8.42 Å². The zero-order valence-corrected chi connectivity index (χ0v) is 17.9. The van der Waals surface area contributed by atoms with E-state index in [0.717, 1.165) is 5.56 Å². The molecule has 0 saturated carbocycles. The minimum atomic E-state index is -3.93. The predicted molar refractivity (Wildman–Crippen MR) is 118 cm³/mol. The lowest BCUT2D eigenvalue weighted by atomic mass is 10.2. The van der Waals surface area contributed by atoms with Gasteiger partial charge in [0.1, 0.15) is 0 Å². The summed E-state index contributed by atoms with van der Waals surface area (Å²) in [5, 5.41) is 3.93. The Bertz CT molecular complexity index is 1250. The van der Waals surface area contributed by atoms with Crippen LogP contribution in [0.4, 0.5) is 5.88 Å². The molecule has 8 heteroatoms. The van der Waals surface area contributed by atoms with Crippen LogP contribution in [-0.4, -0.2) is 13.4 Å². The molecule has 4 aromatic rings. The van der Waals surface area contributed by atoms with E-state index in [-0.39, 0.29) is 21.7 Å². The Balaban J connectivity index is 1.74. The van der Waals surface area contributed by atoms with Crippen molar-refractivity contribution >= 4 is 38.9 Å². The number of benzene rings is 3. The molecule has 4 rings (SSSR count). The molecule has 0 radical (unpaired) electrons. The topological polar surface area (TPSA) is 72.2 Å². The van der Waals surface area contributed by atoms with Gasteiger partial charge in [-0.05, 0) is 54.1 Å². The van der Waals surface area contributed by atoms with Crippen LogP contribution in [0.1, 0.15) is 5.56 Å². The highest BCUT2D eigenvalue weighted by molar-refractivity contribution is 7.91. The summed E-state index contributed by atoms with van der Waals surface area (Å²) < 4.78 is 32.3. The summed E-state index contributed by atoms with van der Waals surface area (Å²) in [5.74, 6) is 0.278. The number of hydrogen-bond donors (Lipinski definition) is 1. The summed E-state index contributed by atoms with van der Waals surface area (Å²) in [6.07, 6.45) is 0. The van der Waals surface area contributed by atoms with Gasteiger partial charge in [-0.3, -0.25) is 0 Å². The van der Waals surface area contributed by atoms with Crippen molar-refractivity contribution in [1.29, 1.82) is 0 Å². The zero-order chi connectivity index (χ0) is 21.1. The second kappa shape index (κ2) is 8.52. The van der Waals surface area contributed by atoms with Crippen molar-refractivity contribution in [3.05, 3.63) is 94.5 Å². The number of nitrogens with zero attached hydrogens (tertiary/aromatic N) is 1. The number of rotatable bonds is 6. The molecule has 0 bridgehead atoms. The first-order valence-corrected chi connectivity index (χ1v) is 11.2. The van der Waals surface area contributed by atoms with Crippen molar-refractivity contribution < 1.29 is 12.8 Å². The number of anilines is 1. The predicted octanol–water partition coefficient (Wildman–Crippen LogP) is 6.09. The van der Waals surface area contributed by atoms with Crippen LogP contribution in [0, 0.1) is 0 Å². The Morgan fingerprint density at radius 1 is 0.833 bits per heavy atom. The second-order valence-electron chi connectivity index (χ2n) is 6.46. The van der Waals surface area contributed by atoms with Gasteiger partial charge in [-0.1, -0.05) is 53.5 Å². The SMILES string of the molecule is O=S(=O)(c1ccc(Cl)cc1)c1nc(-c2ccccc2)oc1NCc1ccc(Cl)cc1. The fraction of sp³-hybridized carbons (Fsp3) is 0.0455. The second-order valence-corrected chi connectivity index (χ2v) is 9.19. The third-order valence-corrected chi connectivity index (χ3v) is 6.54. The molecule has 0 spiro atoms. The lowest BCUT2D eigenvalue weighted by Gasteiger charge is -2.06. The Kier molecular flexibility index (Phi) is 5.81. The van der Waals surface area contributed by atoms with Gasteiger partial charge in [0.25, 0.3) is 0 Å². The Morgan fingerprint density at radius 2 is 1.43 bits per heavy atom. The maximum atomic E-state index is 13.2. The summed E-state index contributed by atoms with van der Waals surface area (Å²) >= 11 is 11.8. The number of halogens is 2. The number of nitrogens with one attached hydrogen (secondary N) is 1. The molecule has 0 fully saturated rings. The van der Waals surface area contributed by atoms with Gasteiger partial charge >= 0.3 is 0 Å². The molecule has 0 aliphatic rings. The van der Waals surface area contributed by atoms with E-state index < -0.39 is 9.84 Å². The number of sulfone groups is 1.